The number of aldehydes is 1. The van der Waals surface area contributed by atoms with Gasteiger partial charge in [-0.3, -0.25) is 9.78 Å². The maximum atomic E-state index is 11.8. The van der Waals surface area contributed by atoms with Gasteiger partial charge in [0.15, 0.2) is 0 Å². The molecule has 0 spiro atoms. The molecule has 0 bridgehead atoms. The first-order valence-electron chi connectivity index (χ1n) is 15.1. The number of hydrogen-bond donors (Lipinski definition) is 1. The van der Waals surface area contributed by atoms with Crippen molar-refractivity contribution in [2.24, 2.45) is 5.92 Å². The topological polar surface area (TPSA) is 78.7 Å². The number of rotatable bonds is 6. The highest BCUT2D eigenvalue weighted by Crippen LogP contribution is 2.46. The lowest BCUT2D eigenvalue weighted by Gasteiger charge is -2.33. The van der Waals surface area contributed by atoms with Crippen LogP contribution < -0.4 is 4.90 Å². The second kappa shape index (κ2) is 13.3. The Bertz CT molecular complexity index is 1460. The van der Waals surface area contributed by atoms with Crippen LogP contribution in [0, 0.1) is 5.92 Å². The number of allylic oxidation sites excluding steroid dienone is 4. The highest BCUT2D eigenvalue weighted by atomic mass is 16.4. The molecule has 1 aliphatic carbocycles. The Morgan fingerprint density at radius 3 is 2.33 bits per heavy atom. The number of anilines is 1. The van der Waals surface area contributed by atoms with Gasteiger partial charge in [0.1, 0.15) is 6.29 Å². The molecule has 0 amide bonds. The van der Waals surface area contributed by atoms with Gasteiger partial charge in [-0.2, -0.15) is 0 Å². The predicted octanol–water partition coefficient (Wildman–Crippen LogP) is 6.43. The summed E-state index contributed by atoms with van der Waals surface area (Å²) < 4.78 is 2.15. The molecule has 220 valence electrons. The molecular weight excluding hydrogens is 524 g/mol. The fraction of sp³-hybridized carbons (Fsp3) is 0.400. The largest absolute Gasteiger partial charge is 0.478 e. The Labute approximate surface area is 248 Å². The van der Waals surface area contributed by atoms with Crippen LogP contribution in [0.1, 0.15) is 65.6 Å². The first-order chi connectivity index (χ1) is 20.4. The molecule has 42 heavy (non-hydrogen) atoms. The van der Waals surface area contributed by atoms with Crippen LogP contribution in [-0.2, 0) is 11.3 Å². The average molecular weight is 567 g/mol. The molecule has 1 N–H and O–H groups in total. The van der Waals surface area contributed by atoms with E-state index in [1.165, 1.54) is 36.2 Å². The van der Waals surface area contributed by atoms with Crippen LogP contribution in [0.2, 0.25) is 0 Å². The highest BCUT2D eigenvalue weighted by Gasteiger charge is 2.33. The SMILES string of the molecule is C=CC1C=C(C=O)Cn2c(c(C3CCCCC3)c3ccc(C(=O)O)cc32)C1C=C.CN1CCN(c2ccncc2)CC1. The summed E-state index contributed by atoms with van der Waals surface area (Å²) in [5.41, 5.74) is 5.63. The quantitative estimate of drug-likeness (QED) is 0.274. The van der Waals surface area contributed by atoms with Crippen molar-refractivity contribution in [3.8, 4) is 0 Å². The Morgan fingerprint density at radius 1 is 1.00 bits per heavy atom. The number of aromatic nitrogens is 2. The molecule has 1 saturated heterocycles. The maximum Gasteiger partial charge on any atom is 0.335 e. The van der Waals surface area contributed by atoms with E-state index in [2.05, 4.69) is 51.7 Å². The van der Waals surface area contributed by atoms with Gasteiger partial charge in [0.25, 0.3) is 0 Å². The van der Waals surface area contributed by atoms with E-state index in [-0.39, 0.29) is 17.4 Å². The lowest BCUT2D eigenvalue weighted by molar-refractivity contribution is -0.105. The van der Waals surface area contributed by atoms with E-state index in [0.29, 0.717) is 18.0 Å². The number of fused-ring (bicyclic) bond motifs is 3. The van der Waals surface area contributed by atoms with Gasteiger partial charge in [0.05, 0.1) is 12.1 Å². The zero-order valence-corrected chi connectivity index (χ0v) is 24.6. The molecule has 2 aromatic heterocycles. The highest BCUT2D eigenvalue weighted by molar-refractivity contribution is 5.96. The third kappa shape index (κ3) is 6.12. The number of aromatic carboxylic acids is 1. The number of likely N-dealkylation sites (N-methyl/N-ethyl adjacent to an activating group) is 1. The van der Waals surface area contributed by atoms with E-state index in [1.807, 2.05) is 36.7 Å². The summed E-state index contributed by atoms with van der Waals surface area (Å²) in [5, 5.41) is 10.6. The number of nitrogens with zero attached hydrogens (tertiary/aromatic N) is 4. The van der Waals surface area contributed by atoms with Crippen LogP contribution in [0.15, 0.2) is 79.7 Å². The average Bonchev–Trinajstić information content (AvgIpc) is 3.24. The first kappa shape index (κ1) is 29.5. The van der Waals surface area contributed by atoms with Crippen LogP contribution in [-0.4, -0.2) is 65.0 Å². The van der Waals surface area contributed by atoms with Gasteiger partial charge >= 0.3 is 5.97 Å². The van der Waals surface area contributed by atoms with E-state index in [0.717, 1.165) is 56.2 Å². The van der Waals surface area contributed by atoms with Gasteiger partial charge < -0.3 is 19.5 Å². The number of carboxylic acid groups (broad SMARTS) is 1. The smallest absolute Gasteiger partial charge is 0.335 e. The van der Waals surface area contributed by atoms with Crippen LogP contribution in [0.4, 0.5) is 5.69 Å². The van der Waals surface area contributed by atoms with Gasteiger partial charge in [0, 0.05) is 78.3 Å². The Hall–Kier alpha value is -3.97. The molecule has 3 aliphatic rings. The molecule has 6 rings (SSSR count). The minimum atomic E-state index is -0.939. The summed E-state index contributed by atoms with van der Waals surface area (Å²) >= 11 is 0. The molecule has 4 heterocycles. The number of pyridine rings is 1. The zero-order valence-electron chi connectivity index (χ0n) is 24.6. The van der Waals surface area contributed by atoms with Crippen LogP contribution in [0.25, 0.3) is 10.9 Å². The van der Waals surface area contributed by atoms with Gasteiger partial charge in [-0.25, -0.2) is 4.79 Å². The second-order valence-corrected chi connectivity index (χ2v) is 11.7. The lowest BCUT2D eigenvalue weighted by atomic mass is 9.78. The normalized spacial score (nSPS) is 21.4. The third-order valence-electron chi connectivity index (χ3n) is 9.09. The molecule has 1 saturated carbocycles. The minimum Gasteiger partial charge on any atom is -0.478 e. The molecular formula is C35H42N4O3. The predicted molar refractivity (Wildman–Crippen MR) is 169 cm³/mol. The zero-order chi connectivity index (χ0) is 29.6. The number of carbonyl (C=O) groups is 2. The number of hydrogen-bond acceptors (Lipinski definition) is 5. The monoisotopic (exact) mass is 566 g/mol. The van der Waals surface area contributed by atoms with Crippen molar-refractivity contribution in [3.05, 3.63) is 96.5 Å². The van der Waals surface area contributed by atoms with Gasteiger partial charge in [0.2, 0.25) is 0 Å². The van der Waals surface area contributed by atoms with Gasteiger partial charge in [-0.05, 0) is 55.6 Å². The van der Waals surface area contributed by atoms with E-state index < -0.39 is 5.97 Å². The van der Waals surface area contributed by atoms with Crippen molar-refractivity contribution in [2.45, 2.75) is 50.5 Å². The number of piperazine rings is 1. The molecule has 2 unspecified atom stereocenters. The number of carboxylic acids is 1. The summed E-state index contributed by atoms with van der Waals surface area (Å²) in [4.78, 5) is 32.2. The van der Waals surface area contributed by atoms with E-state index in [4.69, 9.17) is 0 Å². The molecule has 2 atom stereocenters. The Morgan fingerprint density at radius 2 is 1.71 bits per heavy atom. The molecule has 0 radical (unpaired) electrons. The summed E-state index contributed by atoms with van der Waals surface area (Å²) in [7, 11) is 2.17. The maximum absolute atomic E-state index is 11.8. The molecule has 7 heteroatoms. The van der Waals surface area contributed by atoms with E-state index in [9.17, 15) is 14.7 Å². The van der Waals surface area contributed by atoms with Gasteiger partial charge in [-0.1, -0.05) is 43.6 Å². The number of benzene rings is 1. The van der Waals surface area contributed by atoms with Crippen LogP contribution >= 0.6 is 0 Å². The molecule has 3 aromatic rings. The van der Waals surface area contributed by atoms with E-state index >= 15 is 0 Å². The van der Waals surface area contributed by atoms with Crippen molar-refractivity contribution in [3.63, 3.8) is 0 Å². The Kier molecular flexibility index (Phi) is 9.38. The summed E-state index contributed by atoms with van der Waals surface area (Å²) in [6.07, 6.45) is 16.4. The van der Waals surface area contributed by atoms with E-state index in [1.54, 1.807) is 12.1 Å². The summed E-state index contributed by atoms with van der Waals surface area (Å²) in [6, 6.07) is 9.56. The fourth-order valence-corrected chi connectivity index (χ4v) is 6.83. The standard InChI is InChI=1S/C25H27NO3.C10H15N3/c1-3-17-12-16(15-27)14-26-22-13-19(25(28)29)10-11-21(22)23(24(26)20(17)4-2)18-8-6-5-7-9-18;1-12-6-8-13(9-7-12)10-2-4-11-5-3-10/h3-4,10-13,15,17-18,20H,1-2,5-9,14H2,(H,28,29);2-5H,6-9H2,1H3. The molecule has 1 aromatic carbocycles. The molecule has 2 fully saturated rings. The van der Waals surface area contributed by atoms with Crippen LogP contribution in [0.5, 0.6) is 0 Å². The minimum absolute atomic E-state index is 0.00237. The van der Waals surface area contributed by atoms with Crippen molar-refractivity contribution < 1.29 is 14.7 Å². The van der Waals surface area contributed by atoms with Crippen LogP contribution in [0.3, 0.4) is 0 Å². The molecule has 7 nitrogen and oxygen atoms in total. The van der Waals surface area contributed by atoms with Gasteiger partial charge in [-0.15, -0.1) is 13.2 Å². The second-order valence-electron chi connectivity index (χ2n) is 11.7. The first-order valence-corrected chi connectivity index (χ1v) is 15.1. The fourth-order valence-electron chi connectivity index (χ4n) is 6.83. The van der Waals surface area contributed by atoms with Crippen molar-refractivity contribution in [2.75, 3.05) is 38.1 Å². The lowest BCUT2D eigenvalue weighted by Crippen LogP contribution is -2.44. The summed E-state index contributed by atoms with van der Waals surface area (Å²) in [6.45, 7) is 13.1. The Balaban J connectivity index is 0.000000226. The van der Waals surface area contributed by atoms with Crippen molar-refractivity contribution in [1.29, 1.82) is 0 Å². The van der Waals surface area contributed by atoms with Crippen molar-refractivity contribution in [1.82, 2.24) is 14.5 Å². The number of carbonyl (C=O) groups excluding carboxylic acids is 1. The molecule has 2 aliphatic heterocycles. The summed E-state index contributed by atoms with van der Waals surface area (Å²) in [5.74, 6) is -0.503. The van der Waals surface area contributed by atoms with Crippen molar-refractivity contribution >= 4 is 28.8 Å². The third-order valence-corrected chi connectivity index (χ3v) is 9.09.